The molecule has 0 bridgehead atoms. The lowest BCUT2D eigenvalue weighted by atomic mass is 10.0. The second-order valence-electron chi connectivity index (χ2n) is 5.14. The maximum absolute atomic E-state index is 12.3. The van der Waals surface area contributed by atoms with E-state index < -0.39 is 0 Å². The van der Waals surface area contributed by atoms with Gasteiger partial charge in [-0.3, -0.25) is 9.59 Å². The molecular weight excluding hydrogens is 280 g/mol. The summed E-state index contributed by atoms with van der Waals surface area (Å²) in [4.78, 5) is 25.3. The molecule has 0 atom stereocenters. The Bertz CT molecular complexity index is 492. The first-order valence-electron chi connectivity index (χ1n) is 7.68. The van der Waals surface area contributed by atoms with Gasteiger partial charge in [-0.2, -0.15) is 0 Å². The first kappa shape index (κ1) is 18.2. The number of methoxy groups -OCH3 is 1. The molecule has 0 unspecified atom stereocenters. The number of carbonyl (C=O) groups excluding carboxylic acids is 2. The van der Waals surface area contributed by atoms with Crippen LogP contribution in [0.2, 0.25) is 0 Å². The zero-order chi connectivity index (χ0) is 16.5. The Labute approximate surface area is 132 Å². The van der Waals surface area contributed by atoms with Crippen molar-refractivity contribution in [3.8, 4) is 0 Å². The van der Waals surface area contributed by atoms with E-state index in [1.54, 1.807) is 7.11 Å². The molecule has 1 aromatic rings. The van der Waals surface area contributed by atoms with Gasteiger partial charge < -0.3 is 15.0 Å². The summed E-state index contributed by atoms with van der Waals surface area (Å²) < 4.78 is 4.97. The van der Waals surface area contributed by atoms with Crippen molar-refractivity contribution in [2.75, 3.05) is 32.1 Å². The number of rotatable bonds is 8. The number of nitrogens with one attached hydrogen (secondary N) is 1. The minimum atomic E-state index is -0.179. The highest BCUT2D eigenvalue weighted by atomic mass is 16.5. The number of amides is 2. The maximum Gasteiger partial charge on any atom is 0.244 e. The molecule has 0 saturated heterocycles. The first-order chi connectivity index (χ1) is 10.5. The molecule has 0 aliphatic heterocycles. The Kier molecular flexibility index (Phi) is 7.60. The van der Waals surface area contributed by atoms with Crippen LogP contribution in [0.4, 0.5) is 5.69 Å². The van der Waals surface area contributed by atoms with Crippen molar-refractivity contribution < 1.29 is 14.3 Å². The molecule has 2 amide bonds. The molecule has 1 aromatic carbocycles. The van der Waals surface area contributed by atoms with Crippen LogP contribution in [0.15, 0.2) is 18.2 Å². The van der Waals surface area contributed by atoms with Crippen molar-refractivity contribution in [3.05, 3.63) is 29.3 Å². The van der Waals surface area contributed by atoms with Crippen molar-refractivity contribution in [1.29, 1.82) is 0 Å². The third kappa shape index (κ3) is 5.15. The van der Waals surface area contributed by atoms with Gasteiger partial charge in [0.25, 0.3) is 0 Å². The van der Waals surface area contributed by atoms with E-state index in [4.69, 9.17) is 4.74 Å². The summed E-state index contributed by atoms with van der Waals surface area (Å²) in [6, 6.07) is 6.04. The Morgan fingerprint density at radius 2 is 1.77 bits per heavy atom. The van der Waals surface area contributed by atoms with E-state index in [1.165, 1.54) is 11.8 Å². The smallest absolute Gasteiger partial charge is 0.244 e. The number of anilines is 1. The van der Waals surface area contributed by atoms with Gasteiger partial charge in [-0.05, 0) is 24.0 Å². The Morgan fingerprint density at radius 3 is 2.23 bits per heavy atom. The predicted octanol–water partition coefficient (Wildman–Crippen LogP) is 2.24. The molecule has 0 heterocycles. The molecule has 0 fully saturated rings. The molecule has 1 N–H and O–H groups in total. The summed E-state index contributed by atoms with van der Waals surface area (Å²) in [5, 5.41) is 2.97. The quantitative estimate of drug-likeness (QED) is 0.801. The molecule has 5 nitrogen and oxygen atoms in total. The molecule has 22 heavy (non-hydrogen) atoms. The van der Waals surface area contributed by atoms with Crippen molar-refractivity contribution in [3.63, 3.8) is 0 Å². The molecule has 0 spiro atoms. The van der Waals surface area contributed by atoms with Crippen molar-refractivity contribution in [1.82, 2.24) is 4.90 Å². The number of carbonyl (C=O) groups is 2. The number of benzene rings is 1. The standard InChI is InChI=1S/C17H26N2O3/c1-5-14-8-7-9-15(6-2)17(14)18-16(21)12-19(13(3)20)10-11-22-4/h7-9H,5-6,10-12H2,1-4H3,(H,18,21). The molecular formula is C17H26N2O3. The Morgan fingerprint density at radius 1 is 1.18 bits per heavy atom. The fourth-order valence-corrected chi connectivity index (χ4v) is 2.30. The molecule has 0 radical (unpaired) electrons. The molecule has 0 aliphatic carbocycles. The topological polar surface area (TPSA) is 58.6 Å². The van der Waals surface area contributed by atoms with Gasteiger partial charge in [0.15, 0.2) is 0 Å². The fraction of sp³-hybridized carbons (Fsp3) is 0.529. The number of ether oxygens (including phenoxy) is 1. The van der Waals surface area contributed by atoms with E-state index in [-0.39, 0.29) is 18.4 Å². The van der Waals surface area contributed by atoms with E-state index >= 15 is 0 Å². The second kappa shape index (κ2) is 9.20. The van der Waals surface area contributed by atoms with Crippen LogP contribution in [0, 0.1) is 0 Å². The largest absolute Gasteiger partial charge is 0.383 e. The van der Waals surface area contributed by atoms with E-state index in [0.29, 0.717) is 13.2 Å². The number of aryl methyl sites for hydroxylation is 2. The van der Waals surface area contributed by atoms with E-state index in [1.807, 2.05) is 18.2 Å². The van der Waals surface area contributed by atoms with Crippen LogP contribution < -0.4 is 5.32 Å². The van der Waals surface area contributed by atoms with Crippen LogP contribution in [-0.2, 0) is 27.2 Å². The van der Waals surface area contributed by atoms with Crippen LogP contribution in [0.5, 0.6) is 0 Å². The predicted molar refractivity (Wildman–Crippen MR) is 88.0 cm³/mol. The second-order valence-corrected chi connectivity index (χ2v) is 5.14. The fourth-order valence-electron chi connectivity index (χ4n) is 2.30. The zero-order valence-corrected chi connectivity index (χ0v) is 13.9. The van der Waals surface area contributed by atoms with Gasteiger partial charge in [0.2, 0.25) is 11.8 Å². The highest BCUT2D eigenvalue weighted by molar-refractivity contribution is 5.95. The normalized spacial score (nSPS) is 10.4. The average molecular weight is 306 g/mol. The third-order valence-electron chi connectivity index (χ3n) is 3.61. The van der Waals surface area contributed by atoms with E-state index in [9.17, 15) is 9.59 Å². The number of hydrogen-bond donors (Lipinski definition) is 1. The first-order valence-corrected chi connectivity index (χ1v) is 7.68. The Balaban J connectivity index is 2.81. The van der Waals surface area contributed by atoms with Gasteiger partial charge >= 0.3 is 0 Å². The summed E-state index contributed by atoms with van der Waals surface area (Å²) in [6.45, 7) is 6.45. The van der Waals surface area contributed by atoms with E-state index in [2.05, 4.69) is 19.2 Å². The highest BCUT2D eigenvalue weighted by Crippen LogP contribution is 2.22. The van der Waals surface area contributed by atoms with Gasteiger partial charge in [-0.15, -0.1) is 0 Å². The van der Waals surface area contributed by atoms with Gasteiger partial charge in [-0.25, -0.2) is 0 Å². The van der Waals surface area contributed by atoms with Gasteiger partial charge in [0.1, 0.15) is 0 Å². The van der Waals surface area contributed by atoms with Gasteiger partial charge in [0.05, 0.1) is 13.2 Å². The van der Waals surface area contributed by atoms with Crippen molar-refractivity contribution >= 4 is 17.5 Å². The lowest BCUT2D eigenvalue weighted by Crippen LogP contribution is -2.38. The number of para-hydroxylation sites is 1. The molecule has 1 rings (SSSR count). The average Bonchev–Trinajstić information content (AvgIpc) is 2.51. The lowest BCUT2D eigenvalue weighted by Gasteiger charge is -2.21. The summed E-state index contributed by atoms with van der Waals surface area (Å²) in [5.74, 6) is -0.311. The summed E-state index contributed by atoms with van der Waals surface area (Å²) in [5.41, 5.74) is 3.10. The van der Waals surface area contributed by atoms with Gasteiger partial charge in [0, 0.05) is 26.3 Å². The minimum Gasteiger partial charge on any atom is -0.383 e. The van der Waals surface area contributed by atoms with Crippen LogP contribution in [0.1, 0.15) is 31.9 Å². The summed E-state index contributed by atoms with van der Waals surface area (Å²) >= 11 is 0. The minimum absolute atomic E-state index is 0.0416. The third-order valence-corrected chi connectivity index (χ3v) is 3.61. The zero-order valence-electron chi connectivity index (χ0n) is 13.9. The molecule has 122 valence electrons. The van der Waals surface area contributed by atoms with Crippen LogP contribution >= 0.6 is 0 Å². The summed E-state index contributed by atoms with van der Waals surface area (Å²) in [7, 11) is 1.57. The number of nitrogens with zero attached hydrogens (tertiary/aromatic N) is 1. The maximum atomic E-state index is 12.3. The summed E-state index contributed by atoms with van der Waals surface area (Å²) in [6.07, 6.45) is 1.70. The van der Waals surface area contributed by atoms with Crippen LogP contribution in [0.3, 0.4) is 0 Å². The molecule has 5 heteroatoms. The van der Waals surface area contributed by atoms with Crippen LogP contribution in [0.25, 0.3) is 0 Å². The highest BCUT2D eigenvalue weighted by Gasteiger charge is 2.15. The van der Waals surface area contributed by atoms with Gasteiger partial charge in [-0.1, -0.05) is 32.0 Å². The number of hydrogen-bond acceptors (Lipinski definition) is 3. The molecule has 0 saturated carbocycles. The van der Waals surface area contributed by atoms with E-state index in [0.717, 1.165) is 29.7 Å². The lowest BCUT2D eigenvalue weighted by molar-refractivity contribution is -0.133. The van der Waals surface area contributed by atoms with Crippen molar-refractivity contribution in [2.45, 2.75) is 33.6 Å². The molecule has 0 aliphatic rings. The SMILES string of the molecule is CCc1cccc(CC)c1NC(=O)CN(CCOC)C(C)=O. The van der Waals surface area contributed by atoms with Crippen molar-refractivity contribution in [2.24, 2.45) is 0 Å². The molecule has 0 aromatic heterocycles. The van der Waals surface area contributed by atoms with Crippen LogP contribution in [-0.4, -0.2) is 43.5 Å². The monoisotopic (exact) mass is 306 g/mol. The Hall–Kier alpha value is -1.88.